The van der Waals surface area contributed by atoms with Crippen molar-refractivity contribution in [3.63, 3.8) is 0 Å². The predicted octanol–water partition coefficient (Wildman–Crippen LogP) is 2.48. The van der Waals surface area contributed by atoms with Crippen LogP contribution < -0.4 is 10.6 Å². The first-order valence-electron chi connectivity index (χ1n) is 6.80. The SMILES string of the molecule is Cc1ccc(C)c(NC(C)CC2COCCN2)c1. The summed E-state index contributed by atoms with van der Waals surface area (Å²) in [7, 11) is 0. The second-order valence-electron chi connectivity index (χ2n) is 5.33. The van der Waals surface area contributed by atoms with Gasteiger partial charge in [0.2, 0.25) is 0 Å². The van der Waals surface area contributed by atoms with E-state index in [2.05, 4.69) is 49.6 Å². The Labute approximate surface area is 110 Å². The highest BCUT2D eigenvalue weighted by molar-refractivity contribution is 5.53. The van der Waals surface area contributed by atoms with Crippen molar-refractivity contribution in [3.05, 3.63) is 29.3 Å². The lowest BCUT2D eigenvalue weighted by atomic mass is 10.1. The number of morpholine rings is 1. The summed E-state index contributed by atoms with van der Waals surface area (Å²) in [5.74, 6) is 0. The number of hydrogen-bond acceptors (Lipinski definition) is 3. The zero-order valence-electron chi connectivity index (χ0n) is 11.6. The molecule has 100 valence electrons. The Balaban J connectivity index is 1.89. The molecule has 0 spiro atoms. The van der Waals surface area contributed by atoms with Gasteiger partial charge in [-0.15, -0.1) is 0 Å². The Bertz CT molecular complexity index is 386. The van der Waals surface area contributed by atoms with E-state index in [9.17, 15) is 0 Å². The molecule has 0 saturated carbocycles. The first kappa shape index (κ1) is 13.4. The third-order valence-corrected chi connectivity index (χ3v) is 3.43. The molecule has 0 radical (unpaired) electrons. The quantitative estimate of drug-likeness (QED) is 0.859. The molecule has 1 aromatic carbocycles. The Morgan fingerprint density at radius 1 is 1.44 bits per heavy atom. The molecular formula is C15H24N2O. The number of rotatable bonds is 4. The van der Waals surface area contributed by atoms with E-state index >= 15 is 0 Å². The summed E-state index contributed by atoms with van der Waals surface area (Å²) in [5.41, 5.74) is 3.86. The zero-order valence-corrected chi connectivity index (χ0v) is 11.6. The van der Waals surface area contributed by atoms with Crippen LogP contribution in [0.1, 0.15) is 24.5 Å². The third-order valence-electron chi connectivity index (χ3n) is 3.43. The molecule has 2 rings (SSSR count). The van der Waals surface area contributed by atoms with Gasteiger partial charge in [-0.05, 0) is 44.4 Å². The van der Waals surface area contributed by atoms with Crippen LogP contribution in [0.5, 0.6) is 0 Å². The Morgan fingerprint density at radius 3 is 3.00 bits per heavy atom. The lowest BCUT2D eigenvalue weighted by Crippen LogP contribution is -2.43. The van der Waals surface area contributed by atoms with E-state index in [4.69, 9.17) is 4.74 Å². The first-order valence-corrected chi connectivity index (χ1v) is 6.80. The Kier molecular flexibility index (Phi) is 4.61. The first-order chi connectivity index (χ1) is 8.65. The van der Waals surface area contributed by atoms with Gasteiger partial charge in [0.25, 0.3) is 0 Å². The van der Waals surface area contributed by atoms with Gasteiger partial charge in [-0.1, -0.05) is 12.1 Å². The van der Waals surface area contributed by atoms with Crippen LogP contribution in [-0.2, 0) is 4.74 Å². The van der Waals surface area contributed by atoms with Crippen LogP contribution in [0.15, 0.2) is 18.2 Å². The molecule has 0 bridgehead atoms. The van der Waals surface area contributed by atoms with Gasteiger partial charge < -0.3 is 15.4 Å². The minimum Gasteiger partial charge on any atom is -0.382 e. The van der Waals surface area contributed by atoms with Crippen LogP contribution in [0.2, 0.25) is 0 Å². The highest BCUT2D eigenvalue weighted by Gasteiger charge is 2.16. The van der Waals surface area contributed by atoms with Gasteiger partial charge in [0.05, 0.1) is 13.2 Å². The molecule has 3 nitrogen and oxygen atoms in total. The van der Waals surface area contributed by atoms with Crippen molar-refractivity contribution >= 4 is 5.69 Å². The van der Waals surface area contributed by atoms with Crippen molar-refractivity contribution in [2.75, 3.05) is 25.1 Å². The molecule has 2 unspecified atom stereocenters. The molecule has 3 heteroatoms. The number of hydrogen-bond donors (Lipinski definition) is 2. The van der Waals surface area contributed by atoms with Gasteiger partial charge in [-0.3, -0.25) is 0 Å². The molecular weight excluding hydrogens is 224 g/mol. The summed E-state index contributed by atoms with van der Waals surface area (Å²) in [6.07, 6.45) is 1.09. The van der Waals surface area contributed by atoms with Crippen LogP contribution >= 0.6 is 0 Å². The minimum atomic E-state index is 0.449. The van der Waals surface area contributed by atoms with Gasteiger partial charge in [0.15, 0.2) is 0 Å². The van der Waals surface area contributed by atoms with Crippen molar-refractivity contribution < 1.29 is 4.74 Å². The number of nitrogens with one attached hydrogen (secondary N) is 2. The van der Waals surface area contributed by atoms with E-state index in [0.717, 1.165) is 26.2 Å². The van der Waals surface area contributed by atoms with Crippen LogP contribution in [0, 0.1) is 13.8 Å². The van der Waals surface area contributed by atoms with Crippen molar-refractivity contribution in [1.29, 1.82) is 0 Å². The van der Waals surface area contributed by atoms with Crippen molar-refractivity contribution in [2.24, 2.45) is 0 Å². The normalized spacial score (nSPS) is 21.6. The summed E-state index contributed by atoms with van der Waals surface area (Å²) < 4.78 is 5.49. The molecule has 0 amide bonds. The monoisotopic (exact) mass is 248 g/mol. The molecule has 0 aliphatic carbocycles. The van der Waals surface area contributed by atoms with Crippen LogP contribution in [-0.4, -0.2) is 31.8 Å². The molecule has 1 saturated heterocycles. The highest BCUT2D eigenvalue weighted by Crippen LogP contribution is 2.18. The molecule has 1 fully saturated rings. The molecule has 1 aromatic rings. The van der Waals surface area contributed by atoms with E-state index < -0.39 is 0 Å². The zero-order chi connectivity index (χ0) is 13.0. The smallest absolute Gasteiger partial charge is 0.0621 e. The average Bonchev–Trinajstić information content (AvgIpc) is 2.35. The van der Waals surface area contributed by atoms with E-state index in [1.54, 1.807) is 0 Å². The maximum absolute atomic E-state index is 5.49. The summed E-state index contributed by atoms with van der Waals surface area (Å²) in [6.45, 7) is 9.16. The molecule has 1 aliphatic heterocycles. The summed E-state index contributed by atoms with van der Waals surface area (Å²) >= 11 is 0. The van der Waals surface area contributed by atoms with E-state index in [1.165, 1.54) is 16.8 Å². The lowest BCUT2D eigenvalue weighted by molar-refractivity contribution is 0.0731. The molecule has 2 atom stereocenters. The minimum absolute atomic E-state index is 0.449. The topological polar surface area (TPSA) is 33.3 Å². The van der Waals surface area contributed by atoms with Crippen molar-refractivity contribution in [2.45, 2.75) is 39.3 Å². The van der Waals surface area contributed by atoms with E-state index in [-0.39, 0.29) is 0 Å². The standard InChI is InChI=1S/C15H24N2O/c1-11-4-5-12(2)15(8-11)17-13(3)9-14-10-18-7-6-16-14/h4-5,8,13-14,16-17H,6-7,9-10H2,1-3H3. The third kappa shape index (κ3) is 3.72. The average molecular weight is 248 g/mol. The summed E-state index contributed by atoms with van der Waals surface area (Å²) in [5, 5.41) is 7.10. The largest absolute Gasteiger partial charge is 0.382 e. The van der Waals surface area contributed by atoms with Crippen LogP contribution in [0.4, 0.5) is 5.69 Å². The van der Waals surface area contributed by atoms with Gasteiger partial charge in [-0.2, -0.15) is 0 Å². The molecule has 0 aromatic heterocycles. The fourth-order valence-electron chi connectivity index (χ4n) is 2.41. The van der Waals surface area contributed by atoms with Gasteiger partial charge >= 0.3 is 0 Å². The second-order valence-corrected chi connectivity index (χ2v) is 5.33. The highest BCUT2D eigenvalue weighted by atomic mass is 16.5. The summed E-state index contributed by atoms with van der Waals surface area (Å²) in [6, 6.07) is 7.47. The molecule has 18 heavy (non-hydrogen) atoms. The predicted molar refractivity (Wildman–Crippen MR) is 76.2 cm³/mol. The fourth-order valence-corrected chi connectivity index (χ4v) is 2.41. The van der Waals surface area contributed by atoms with E-state index in [0.29, 0.717) is 12.1 Å². The van der Waals surface area contributed by atoms with Crippen LogP contribution in [0.25, 0.3) is 0 Å². The molecule has 1 heterocycles. The maximum atomic E-state index is 5.49. The van der Waals surface area contributed by atoms with Gasteiger partial charge in [0, 0.05) is 24.3 Å². The van der Waals surface area contributed by atoms with Crippen LogP contribution in [0.3, 0.4) is 0 Å². The Morgan fingerprint density at radius 2 is 2.28 bits per heavy atom. The van der Waals surface area contributed by atoms with E-state index in [1.807, 2.05) is 0 Å². The second kappa shape index (κ2) is 6.21. The maximum Gasteiger partial charge on any atom is 0.0621 e. The van der Waals surface area contributed by atoms with Crippen molar-refractivity contribution in [3.8, 4) is 0 Å². The number of benzene rings is 1. The van der Waals surface area contributed by atoms with Gasteiger partial charge in [-0.25, -0.2) is 0 Å². The summed E-state index contributed by atoms with van der Waals surface area (Å²) in [4.78, 5) is 0. The lowest BCUT2D eigenvalue weighted by Gasteiger charge is -2.27. The Hall–Kier alpha value is -1.06. The molecule has 2 N–H and O–H groups in total. The number of aryl methyl sites for hydroxylation is 2. The number of anilines is 1. The fraction of sp³-hybridized carbons (Fsp3) is 0.600. The van der Waals surface area contributed by atoms with Crippen molar-refractivity contribution in [1.82, 2.24) is 5.32 Å². The van der Waals surface area contributed by atoms with Gasteiger partial charge in [0.1, 0.15) is 0 Å². The molecule has 1 aliphatic rings. The number of ether oxygens (including phenoxy) is 1.